The smallest absolute Gasteiger partial charge is 0.0371 e. The zero-order valence-corrected chi connectivity index (χ0v) is 14.9. The van der Waals surface area contributed by atoms with Gasteiger partial charge in [0.05, 0.1) is 0 Å². The summed E-state index contributed by atoms with van der Waals surface area (Å²) in [6.07, 6.45) is 13.1. The van der Waals surface area contributed by atoms with Gasteiger partial charge in [-0.1, -0.05) is 77.8 Å². The molecular weight excluding hydrogens is 357 g/mol. The summed E-state index contributed by atoms with van der Waals surface area (Å²) in [6.45, 7) is 16.1. The Morgan fingerprint density at radius 1 is 1.10 bits per heavy atom. The van der Waals surface area contributed by atoms with Crippen molar-refractivity contribution in [1.82, 2.24) is 0 Å². The van der Waals surface area contributed by atoms with Crippen LogP contribution in [0.15, 0.2) is 60.8 Å². The summed E-state index contributed by atoms with van der Waals surface area (Å²) >= 11 is 2.43. The van der Waals surface area contributed by atoms with Gasteiger partial charge in [0.25, 0.3) is 0 Å². The third kappa shape index (κ3) is 8.31. The van der Waals surface area contributed by atoms with Crippen molar-refractivity contribution in [2.24, 2.45) is 0 Å². The van der Waals surface area contributed by atoms with Gasteiger partial charge in [0.15, 0.2) is 0 Å². The zero-order valence-electron chi connectivity index (χ0n) is 12.7. The largest absolute Gasteiger partial charge is 0.308 e. The molecule has 0 amide bonds. The van der Waals surface area contributed by atoms with Gasteiger partial charge in [-0.15, -0.1) is 0 Å². The second-order valence-corrected chi connectivity index (χ2v) is 7.89. The van der Waals surface area contributed by atoms with E-state index < -0.39 is 0 Å². The molecule has 0 aliphatic carbocycles. The summed E-state index contributed by atoms with van der Waals surface area (Å²) < 4.78 is 0.158. The number of hydrogen-bond donors (Lipinski definition) is 1. The Morgan fingerprint density at radius 2 is 1.70 bits per heavy atom. The van der Waals surface area contributed by atoms with Crippen molar-refractivity contribution >= 4 is 28.8 Å². The maximum Gasteiger partial charge on any atom is 0.0371 e. The Bertz CT molecular complexity index is 409. The standard InChI is InChI=1S/C18H26IN/c1-6-16(12-9-13-17(7-2)14-20)11-8-10-15(3)18(4,5)19/h6-7,11,13-14,20H,1-3,8-10,12H2,4-5H3/b16-11+,17-13+,20-14?. The maximum atomic E-state index is 7.20. The van der Waals surface area contributed by atoms with E-state index in [1.54, 1.807) is 6.08 Å². The molecule has 0 heterocycles. The molecule has 0 aliphatic heterocycles. The summed E-state index contributed by atoms with van der Waals surface area (Å²) in [5.41, 5.74) is 3.40. The van der Waals surface area contributed by atoms with E-state index >= 15 is 0 Å². The molecule has 0 saturated heterocycles. The summed E-state index contributed by atoms with van der Waals surface area (Å²) in [5, 5.41) is 7.20. The molecule has 0 aliphatic rings. The molecule has 0 radical (unpaired) electrons. The molecule has 0 aromatic carbocycles. The molecule has 0 unspecified atom stereocenters. The summed E-state index contributed by atoms with van der Waals surface area (Å²) in [5.74, 6) is 0. The minimum atomic E-state index is 0.158. The molecule has 0 aromatic rings. The Kier molecular flexibility index (Phi) is 9.47. The van der Waals surface area contributed by atoms with Gasteiger partial charge in [0.1, 0.15) is 0 Å². The van der Waals surface area contributed by atoms with E-state index in [1.807, 2.05) is 12.2 Å². The molecular formula is C18H26IN. The van der Waals surface area contributed by atoms with Crippen LogP contribution < -0.4 is 0 Å². The predicted molar refractivity (Wildman–Crippen MR) is 101 cm³/mol. The second-order valence-electron chi connectivity index (χ2n) is 5.19. The van der Waals surface area contributed by atoms with E-state index in [-0.39, 0.29) is 3.42 Å². The van der Waals surface area contributed by atoms with E-state index in [0.29, 0.717) is 0 Å². The van der Waals surface area contributed by atoms with Crippen molar-refractivity contribution in [2.45, 2.75) is 43.0 Å². The number of halogens is 1. The number of hydrogen-bond acceptors (Lipinski definition) is 1. The molecule has 20 heavy (non-hydrogen) atoms. The van der Waals surface area contributed by atoms with Crippen LogP contribution in [-0.4, -0.2) is 9.64 Å². The molecule has 0 aromatic heterocycles. The van der Waals surface area contributed by atoms with Crippen LogP contribution >= 0.6 is 22.6 Å². The Morgan fingerprint density at radius 3 is 2.15 bits per heavy atom. The SMILES string of the molecule is C=C/C(=C\CCC(=C)C(C)(C)I)CC/C=C(\C=C)C=N. The number of allylic oxidation sites excluding steroid dienone is 7. The molecule has 0 rings (SSSR count). The summed E-state index contributed by atoms with van der Waals surface area (Å²) in [7, 11) is 0. The van der Waals surface area contributed by atoms with E-state index in [1.165, 1.54) is 17.4 Å². The lowest BCUT2D eigenvalue weighted by atomic mass is 9.99. The fraction of sp³-hybridized carbons (Fsp3) is 0.389. The van der Waals surface area contributed by atoms with E-state index in [9.17, 15) is 0 Å². The fourth-order valence-electron chi connectivity index (χ4n) is 1.62. The first-order valence-corrected chi connectivity index (χ1v) is 7.94. The highest BCUT2D eigenvalue weighted by Crippen LogP contribution is 2.29. The normalized spacial score (nSPS) is 12.9. The van der Waals surface area contributed by atoms with Crippen LogP contribution in [0.3, 0.4) is 0 Å². The van der Waals surface area contributed by atoms with Crippen LogP contribution in [0.2, 0.25) is 0 Å². The quantitative estimate of drug-likeness (QED) is 0.153. The average Bonchev–Trinajstić information content (AvgIpc) is 2.40. The first kappa shape index (κ1) is 19.1. The Labute approximate surface area is 137 Å². The topological polar surface area (TPSA) is 23.9 Å². The number of alkyl halides is 1. The van der Waals surface area contributed by atoms with Crippen LogP contribution in [0.4, 0.5) is 0 Å². The van der Waals surface area contributed by atoms with Crippen molar-refractivity contribution in [3.63, 3.8) is 0 Å². The van der Waals surface area contributed by atoms with Gasteiger partial charge in [0.2, 0.25) is 0 Å². The third-order valence-electron chi connectivity index (χ3n) is 3.17. The minimum absolute atomic E-state index is 0.158. The van der Waals surface area contributed by atoms with Crippen LogP contribution in [0.25, 0.3) is 0 Å². The Hall–Kier alpha value is -0.900. The first-order chi connectivity index (χ1) is 9.35. The van der Waals surface area contributed by atoms with Crippen molar-refractivity contribution < 1.29 is 0 Å². The van der Waals surface area contributed by atoms with Crippen molar-refractivity contribution in [3.05, 3.63) is 60.8 Å². The summed E-state index contributed by atoms with van der Waals surface area (Å²) in [6, 6.07) is 0. The highest BCUT2D eigenvalue weighted by atomic mass is 127. The van der Waals surface area contributed by atoms with Crippen molar-refractivity contribution in [3.8, 4) is 0 Å². The van der Waals surface area contributed by atoms with Crippen LogP contribution in [0, 0.1) is 5.41 Å². The van der Waals surface area contributed by atoms with Gasteiger partial charge in [-0.2, -0.15) is 0 Å². The molecule has 0 bridgehead atoms. The van der Waals surface area contributed by atoms with Crippen LogP contribution in [0.5, 0.6) is 0 Å². The van der Waals surface area contributed by atoms with E-state index in [0.717, 1.165) is 31.3 Å². The number of rotatable bonds is 10. The van der Waals surface area contributed by atoms with Gasteiger partial charge in [0, 0.05) is 9.64 Å². The second kappa shape index (κ2) is 9.92. The molecule has 1 N–H and O–H groups in total. The van der Waals surface area contributed by atoms with Crippen molar-refractivity contribution in [2.75, 3.05) is 0 Å². The molecule has 0 saturated carbocycles. The van der Waals surface area contributed by atoms with Gasteiger partial charge >= 0.3 is 0 Å². The van der Waals surface area contributed by atoms with Crippen molar-refractivity contribution in [1.29, 1.82) is 5.41 Å². The number of nitrogens with one attached hydrogen (secondary N) is 1. The van der Waals surface area contributed by atoms with Gasteiger partial charge in [-0.25, -0.2) is 0 Å². The monoisotopic (exact) mass is 383 g/mol. The predicted octanol–water partition coefficient (Wildman–Crippen LogP) is 6.19. The minimum Gasteiger partial charge on any atom is -0.308 e. The molecule has 0 fully saturated rings. The lowest BCUT2D eigenvalue weighted by Crippen LogP contribution is -2.11. The van der Waals surface area contributed by atoms with Crippen LogP contribution in [0.1, 0.15) is 39.5 Å². The lowest BCUT2D eigenvalue weighted by Gasteiger charge is -2.19. The highest BCUT2D eigenvalue weighted by Gasteiger charge is 2.15. The molecule has 1 nitrogen and oxygen atoms in total. The van der Waals surface area contributed by atoms with Gasteiger partial charge in [-0.05, 0) is 45.1 Å². The third-order valence-corrected chi connectivity index (χ3v) is 3.93. The van der Waals surface area contributed by atoms with Crippen LogP contribution in [-0.2, 0) is 0 Å². The first-order valence-electron chi connectivity index (χ1n) is 6.86. The van der Waals surface area contributed by atoms with Gasteiger partial charge in [-0.3, -0.25) is 0 Å². The fourth-order valence-corrected chi connectivity index (χ4v) is 1.89. The molecule has 0 spiro atoms. The molecule has 2 heteroatoms. The molecule has 0 atom stereocenters. The van der Waals surface area contributed by atoms with Gasteiger partial charge < -0.3 is 5.41 Å². The average molecular weight is 383 g/mol. The molecule has 110 valence electrons. The maximum absolute atomic E-state index is 7.20. The summed E-state index contributed by atoms with van der Waals surface area (Å²) in [4.78, 5) is 0. The zero-order chi connectivity index (χ0) is 15.6. The Balaban J connectivity index is 4.34. The van der Waals surface area contributed by atoms with E-state index in [2.05, 4.69) is 62.3 Å². The van der Waals surface area contributed by atoms with E-state index in [4.69, 9.17) is 5.41 Å². The lowest BCUT2D eigenvalue weighted by molar-refractivity contribution is 0.796. The highest BCUT2D eigenvalue weighted by molar-refractivity contribution is 14.1.